The van der Waals surface area contributed by atoms with E-state index in [0.717, 1.165) is 12.8 Å². The van der Waals surface area contributed by atoms with Crippen molar-refractivity contribution in [2.24, 2.45) is 0 Å². The van der Waals surface area contributed by atoms with Crippen LogP contribution in [0.4, 0.5) is 0 Å². The lowest BCUT2D eigenvalue weighted by molar-refractivity contribution is 0.0649. The molecule has 2 N–H and O–H groups in total. The molecule has 0 unspecified atom stereocenters. The second-order valence-corrected chi connectivity index (χ2v) is 4.25. The number of carboxylic acids is 2. The highest BCUT2D eigenvalue weighted by atomic mass is 35.5. The lowest BCUT2D eigenvalue weighted by Gasteiger charge is -2.18. The fraction of sp³-hybridized carbons (Fsp3) is 0.364. The van der Waals surface area contributed by atoms with E-state index in [4.69, 9.17) is 21.8 Å². The monoisotopic (exact) mass is 255 g/mol. The quantitative estimate of drug-likeness (QED) is 0.790. The van der Waals surface area contributed by atoms with Gasteiger partial charge in [-0.2, -0.15) is 0 Å². The van der Waals surface area contributed by atoms with E-state index in [2.05, 4.69) is 4.98 Å². The molecule has 0 fully saturated rings. The Bertz CT molecular complexity index is 513. The smallest absolute Gasteiger partial charge is 0.339 e. The van der Waals surface area contributed by atoms with Crippen molar-refractivity contribution < 1.29 is 19.8 Å². The van der Waals surface area contributed by atoms with Crippen LogP contribution in [0.5, 0.6) is 0 Å². The van der Waals surface area contributed by atoms with Gasteiger partial charge < -0.3 is 10.2 Å². The Balaban J connectivity index is 2.76. The van der Waals surface area contributed by atoms with Gasteiger partial charge in [-0.25, -0.2) is 14.6 Å². The van der Waals surface area contributed by atoms with Crippen molar-refractivity contribution in [3.05, 3.63) is 27.5 Å². The molecule has 1 aromatic heterocycles. The van der Waals surface area contributed by atoms with E-state index in [1.54, 1.807) is 0 Å². The number of fused-ring (bicyclic) bond motifs is 1. The molecule has 0 amide bonds. The summed E-state index contributed by atoms with van der Waals surface area (Å²) in [7, 11) is 0. The predicted octanol–water partition coefficient (Wildman–Crippen LogP) is 2.01. The first-order valence-electron chi connectivity index (χ1n) is 5.20. The minimum Gasteiger partial charge on any atom is -0.478 e. The molecule has 1 aromatic rings. The van der Waals surface area contributed by atoms with Crippen molar-refractivity contribution in [2.75, 3.05) is 0 Å². The van der Waals surface area contributed by atoms with Gasteiger partial charge in [0.2, 0.25) is 0 Å². The molecule has 0 atom stereocenters. The zero-order valence-corrected chi connectivity index (χ0v) is 9.62. The second kappa shape index (κ2) is 4.33. The van der Waals surface area contributed by atoms with Crippen LogP contribution in [0.15, 0.2) is 0 Å². The Labute approximate surface area is 102 Å². The molecule has 90 valence electrons. The van der Waals surface area contributed by atoms with Crippen molar-refractivity contribution in [1.29, 1.82) is 0 Å². The SMILES string of the molecule is O=C(O)c1c(Cl)nc2c(c1C(=O)O)CCCC2. The van der Waals surface area contributed by atoms with Crippen LogP contribution in [0.2, 0.25) is 5.15 Å². The van der Waals surface area contributed by atoms with Crippen LogP contribution < -0.4 is 0 Å². The average Bonchev–Trinajstić information content (AvgIpc) is 2.26. The number of pyridine rings is 1. The molecule has 1 heterocycles. The molecule has 0 radical (unpaired) electrons. The van der Waals surface area contributed by atoms with Crippen molar-refractivity contribution >= 4 is 23.5 Å². The van der Waals surface area contributed by atoms with Crippen molar-refractivity contribution in [1.82, 2.24) is 4.98 Å². The summed E-state index contributed by atoms with van der Waals surface area (Å²) >= 11 is 5.75. The predicted molar refractivity (Wildman–Crippen MR) is 59.8 cm³/mol. The number of aromatic carboxylic acids is 2. The van der Waals surface area contributed by atoms with E-state index in [1.807, 2.05) is 0 Å². The third-order valence-corrected chi connectivity index (χ3v) is 3.13. The summed E-state index contributed by atoms with van der Waals surface area (Å²) in [4.78, 5) is 26.2. The summed E-state index contributed by atoms with van der Waals surface area (Å²) < 4.78 is 0. The highest BCUT2D eigenvalue weighted by Crippen LogP contribution is 2.29. The van der Waals surface area contributed by atoms with Crippen molar-refractivity contribution in [3.63, 3.8) is 0 Å². The third kappa shape index (κ3) is 1.98. The van der Waals surface area contributed by atoms with E-state index in [-0.39, 0.29) is 10.7 Å². The Morgan fingerprint density at radius 3 is 2.24 bits per heavy atom. The fourth-order valence-corrected chi connectivity index (χ4v) is 2.42. The largest absolute Gasteiger partial charge is 0.478 e. The van der Waals surface area contributed by atoms with E-state index in [9.17, 15) is 9.59 Å². The maximum Gasteiger partial charge on any atom is 0.339 e. The van der Waals surface area contributed by atoms with E-state index in [0.29, 0.717) is 24.1 Å². The summed E-state index contributed by atoms with van der Waals surface area (Å²) in [6.45, 7) is 0. The van der Waals surface area contributed by atoms with Gasteiger partial charge in [-0.3, -0.25) is 0 Å². The number of carbonyl (C=O) groups is 2. The van der Waals surface area contributed by atoms with Gasteiger partial charge in [-0.1, -0.05) is 11.6 Å². The van der Waals surface area contributed by atoms with Gasteiger partial charge in [0, 0.05) is 5.69 Å². The number of rotatable bonds is 2. The maximum absolute atomic E-state index is 11.2. The van der Waals surface area contributed by atoms with Gasteiger partial charge in [0.25, 0.3) is 0 Å². The summed E-state index contributed by atoms with van der Waals surface area (Å²) in [6, 6.07) is 0. The topological polar surface area (TPSA) is 87.5 Å². The van der Waals surface area contributed by atoms with Crippen LogP contribution in [-0.2, 0) is 12.8 Å². The Hall–Kier alpha value is -1.62. The van der Waals surface area contributed by atoms with Crippen LogP contribution in [0.25, 0.3) is 0 Å². The van der Waals surface area contributed by atoms with Gasteiger partial charge in [-0.05, 0) is 31.2 Å². The normalized spacial score (nSPS) is 14.2. The molecule has 2 rings (SSSR count). The second-order valence-electron chi connectivity index (χ2n) is 3.90. The molecule has 0 bridgehead atoms. The van der Waals surface area contributed by atoms with Crippen LogP contribution >= 0.6 is 11.6 Å². The molecule has 6 heteroatoms. The van der Waals surface area contributed by atoms with Gasteiger partial charge >= 0.3 is 11.9 Å². The molecule has 0 aliphatic heterocycles. The summed E-state index contributed by atoms with van der Waals surface area (Å²) in [6.07, 6.45) is 2.95. The minimum absolute atomic E-state index is 0.202. The van der Waals surface area contributed by atoms with E-state index in [1.165, 1.54) is 0 Å². The zero-order chi connectivity index (χ0) is 12.6. The van der Waals surface area contributed by atoms with Crippen molar-refractivity contribution in [2.45, 2.75) is 25.7 Å². The Morgan fingerprint density at radius 1 is 1.06 bits per heavy atom. The lowest BCUT2D eigenvalue weighted by atomic mass is 9.90. The molecule has 0 saturated heterocycles. The number of carboxylic acid groups (broad SMARTS) is 2. The first-order chi connectivity index (χ1) is 8.02. The fourth-order valence-electron chi connectivity index (χ4n) is 2.14. The van der Waals surface area contributed by atoms with Crippen LogP contribution in [0.3, 0.4) is 0 Å². The van der Waals surface area contributed by atoms with Gasteiger partial charge in [0.05, 0.1) is 5.56 Å². The first-order valence-corrected chi connectivity index (χ1v) is 5.58. The minimum atomic E-state index is -1.35. The number of aryl methyl sites for hydroxylation is 1. The standard InChI is InChI=1S/C11H10ClNO4/c12-9-8(11(16)17)7(10(14)15)5-3-1-2-4-6(5)13-9/h1-4H2,(H,14,15)(H,16,17). The van der Waals surface area contributed by atoms with Crippen LogP contribution in [0.1, 0.15) is 44.8 Å². The maximum atomic E-state index is 11.2. The molecular weight excluding hydrogens is 246 g/mol. The summed E-state index contributed by atoms with van der Waals surface area (Å²) in [5, 5.41) is 17.9. The zero-order valence-electron chi connectivity index (χ0n) is 8.86. The van der Waals surface area contributed by atoms with E-state index >= 15 is 0 Å². The number of aromatic nitrogens is 1. The highest BCUT2D eigenvalue weighted by Gasteiger charge is 2.28. The van der Waals surface area contributed by atoms with Crippen LogP contribution in [0, 0.1) is 0 Å². The number of halogens is 1. The summed E-state index contributed by atoms with van der Waals surface area (Å²) in [5.74, 6) is -2.61. The molecule has 0 aromatic carbocycles. The lowest BCUT2D eigenvalue weighted by Crippen LogP contribution is -2.18. The molecule has 0 spiro atoms. The molecular formula is C11H10ClNO4. The third-order valence-electron chi connectivity index (χ3n) is 2.86. The number of nitrogens with zero attached hydrogens (tertiary/aromatic N) is 1. The van der Waals surface area contributed by atoms with Crippen molar-refractivity contribution in [3.8, 4) is 0 Å². The molecule has 5 nitrogen and oxygen atoms in total. The number of hydrogen-bond donors (Lipinski definition) is 2. The van der Waals surface area contributed by atoms with E-state index < -0.39 is 17.5 Å². The Kier molecular flexibility index (Phi) is 3.02. The molecule has 0 saturated carbocycles. The van der Waals surface area contributed by atoms with Gasteiger partial charge in [0.15, 0.2) is 0 Å². The molecule has 1 aliphatic rings. The van der Waals surface area contributed by atoms with Gasteiger partial charge in [-0.15, -0.1) is 0 Å². The molecule has 17 heavy (non-hydrogen) atoms. The summed E-state index contributed by atoms with van der Waals surface area (Å²) in [5.41, 5.74) is 0.529. The average molecular weight is 256 g/mol. The van der Waals surface area contributed by atoms with Gasteiger partial charge in [0.1, 0.15) is 10.7 Å². The molecule has 1 aliphatic carbocycles. The first kappa shape index (κ1) is 11.9. The van der Waals surface area contributed by atoms with Crippen LogP contribution in [-0.4, -0.2) is 27.1 Å². The highest BCUT2D eigenvalue weighted by molar-refractivity contribution is 6.33. The number of hydrogen-bond acceptors (Lipinski definition) is 3. The Morgan fingerprint density at radius 2 is 1.65 bits per heavy atom.